The van der Waals surface area contributed by atoms with Gasteiger partial charge >= 0.3 is 6.18 Å². The first-order valence-electron chi connectivity index (χ1n) is 30.2. The second kappa shape index (κ2) is 22.7. The van der Waals surface area contributed by atoms with Crippen molar-refractivity contribution in [2.45, 2.75) is 6.18 Å². The Balaban J connectivity index is 0.959. The smallest absolute Gasteiger partial charge is 0.308 e. The summed E-state index contributed by atoms with van der Waals surface area (Å²) in [4.78, 5) is 20.7. The van der Waals surface area contributed by atoms with Crippen molar-refractivity contribution >= 4 is 43.6 Å². The van der Waals surface area contributed by atoms with Crippen LogP contribution < -0.4 is 0 Å². The molecule has 0 aliphatic rings. The van der Waals surface area contributed by atoms with E-state index in [1.54, 1.807) is 6.07 Å². The normalized spacial score (nSPS) is 11.6. The van der Waals surface area contributed by atoms with Crippen molar-refractivity contribution in [3.63, 3.8) is 0 Å². The van der Waals surface area contributed by atoms with Gasteiger partial charge in [-0.05, 0) is 132 Å². The largest absolute Gasteiger partial charge is 0.416 e. The fraction of sp³-hybridized carbons (Fsp3) is 0.0122. The first-order chi connectivity index (χ1) is 45.2. The van der Waals surface area contributed by atoms with Crippen LogP contribution in [0.4, 0.5) is 13.2 Å². The number of alkyl halides is 3. The van der Waals surface area contributed by atoms with Crippen LogP contribution in [0.5, 0.6) is 0 Å². The van der Waals surface area contributed by atoms with Crippen LogP contribution in [0, 0.1) is 11.3 Å². The van der Waals surface area contributed by atoms with Gasteiger partial charge in [0.2, 0.25) is 0 Å². The molecule has 0 fully saturated rings. The zero-order valence-electron chi connectivity index (χ0n) is 49.1. The minimum absolute atomic E-state index is 0.295. The van der Waals surface area contributed by atoms with Gasteiger partial charge in [0.1, 0.15) is 11.6 Å². The lowest BCUT2D eigenvalue weighted by Crippen LogP contribution is -2.06. The second-order valence-electron chi connectivity index (χ2n) is 22.8. The summed E-state index contributed by atoms with van der Waals surface area (Å²) in [6, 6.07) is 101. The highest BCUT2D eigenvalue weighted by Gasteiger charge is 2.31. The molecule has 16 aromatic rings. The van der Waals surface area contributed by atoms with Crippen molar-refractivity contribution in [2.24, 2.45) is 0 Å². The number of hydrogen-bond donors (Lipinski definition) is 0. The molecule has 0 aliphatic heterocycles. The van der Waals surface area contributed by atoms with Crippen LogP contribution in [0.1, 0.15) is 11.1 Å². The van der Waals surface area contributed by atoms with Crippen molar-refractivity contribution < 1.29 is 13.2 Å². The first kappa shape index (κ1) is 55.0. The van der Waals surface area contributed by atoms with Crippen molar-refractivity contribution in [2.75, 3.05) is 0 Å². The molecule has 0 radical (unpaired) electrons. The van der Waals surface area contributed by atoms with Gasteiger partial charge in [0.05, 0.1) is 84.6 Å². The van der Waals surface area contributed by atoms with E-state index < -0.39 is 11.7 Å². The maximum absolute atomic E-state index is 14.9. The van der Waals surface area contributed by atoms with Crippen LogP contribution >= 0.6 is 0 Å². The fourth-order valence-electron chi connectivity index (χ4n) is 12.8. The third kappa shape index (κ3) is 10.0. The van der Waals surface area contributed by atoms with Gasteiger partial charge in [0.15, 0.2) is 0 Å². The molecule has 0 saturated carbocycles. The Morgan fingerprint density at radius 3 is 0.815 bits per heavy atom. The SMILES string of the molecule is N#Cc1c(-n2c3ccc(-c4cccc(-c5ccccc5)n4)cc3c3cc(-c4cccc(-c5ccccc5)n4)ccc32)cc(-c2cccc(C(F)(F)F)c2)cc1-n1c2ccc(-c3cccc(-c4ccccc4)n3)cc2c2cc(-c3cccc(-c4ccccc4)n3)ccc21. The lowest BCUT2D eigenvalue weighted by molar-refractivity contribution is -0.137. The number of aromatic nitrogens is 6. The van der Waals surface area contributed by atoms with Crippen molar-refractivity contribution in [1.29, 1.82) is 5.26 Å². The van der Waals surface area contributed by atoms with Crippen LogP contribution in [0.25, 0.3) is 156 Å². The summed E-state index contributed by atoms with van der Waals surface area (Å²) in [6.07, 6.45) is -4.63. The lowest BCUT2D eigenvalue weighted by atomic mass is 9.98. The van der Waals surface area contributed by atoms with E-state index in [9.17, 15) is 18.4 Å². The summed E-state index contributed by atoms with van der Waals surface area (Å²) in [5.41, 5.74) is 18.1. The number of pyridine rings is 4. The average molecular weight is 1190 g/mol. The molecule has 0 spiro atoms. The van der Waals surface area contributed by atoms with Gasteiger partial charge in [0.25, 0.3) is 0 Å². The van der Waals surface area contributed by atoms with Gasteiger partial charge in [-0.3, -0.25) is 0 Å². The van der Waals surface area contributed by atoms with E-state index in [4.69, 9.17) is 19.9 Å². The molecule has 10 heteroatoms. The molecule has 434 valence electrons. The van der Waals surface area contributed by atoms with Gasteiger partial charge in [0, 0.05) is 66.1 Å². The molecule has 0 bridgehead atoms. The number of nitrogens with zero attached hydrogens (tertiary/aromatic N) is 7. The molecule has 10 aromatic carbocycles. The van der Waals surface area contributed by atoms with Crippen LogP contribution in [-0.2, 0) is 6.18 Å². The van der Waals surface area contributed by atoms with E-state index in [-0.39, 0.29) is 0 Å². The lowest BCUT2D eigenvalue weighted by Gasteiger charge is -2.19. The van der Waals surface area contributed by atoms with Crippen molar-refractivity contribution in [1.82, 2.24) is 29.1 Å². The van der Waals surface area contributed by atoms with Crippen LogP contribution in [-0.4, -0.2) is 29.1 Å². The monoisotopic (exact) mass is 1190 g/mol. The molecule has 7 nitrogen and oxygen atoms in total. The van der Waals surface area contributed by atoms with E-state index in [1.807, 2.05) is 231 Å². The van der Waals surface area contributed by atoms with Crippen LogP contribution in [0.2, 0.25) is 0 Å². The molecule has 6 aromatic heterocycles. The Kier molecular flexibility index (Phi) is 13.6. The Hall–Kier alpha value is -12.3. The fourth-order valence-corrected chi connectivity index (χ4v) is 12.8. The highest BCUT2D eigenvalue weighted by molar-refractivity contribution is 6.14. The average Bonchev–Trinajstić information content (AvgIpc) is 1.57. The number of nitriles is 1. The van der Waals surface area contributed by atoms with E-state index >= 15 is 0 Å². The van der Waals surface area contributed by atoms with E-state index in [0.717, 1.165) is 140 Å². The van der Waals surface area contributed by atoms with E-state index in [2.05, 4.69) is 63.7 Å². The maximum Gasteiger partial charge on any atom is 0.416 e. The van der Waals surface area contributed by atoms with Crippen LogP contribution in [0.3, 0.4) is 0 Å². The van der Waals surface area contributed by atoms with Gasteiger partial charge in [-0.15, -0.1) is 0 Å². The maximum atomic E-state index is 14.9. The molecule has 0 unspecified atom stereocenters. The van der Waals surface area contributed by atoms with E-state index in [0.29, 0.717) is 28.1 Å². The number of rotatable bonds is 11. The molecule has 6 heterocycles. The number of hydrogen-bond acceptors (Lipinski definition) is 5. The summed E-state index contributed by atoms with van der Waals surface area (Å²) < 4.78 is 48.8. The first-order valence-corrected chi connectivity index (χ1v) is 30.2. The Morgan fingerprint density at radius 1 is 0.261 bits per heavy atom. The molecule has 0 N–H and O–H groups in total. The van der Waals surface area contributed by atoms with Gasteiger partial charge in [-0.1, -0.05) is 182 Å². The Bertz CT molecular complexity index is 4990. The minimum atomic E-state index is -4.63. The second-order valence-corrected chi connectivity index (χ2v) is 22.8. The Morgan fingerprint density at radius 2 is 0.533 bits per heavy atom. The van der Waals surface area contributed by atoms with Crippen molar-refractivity contribution in [3.8, 4) is 119 Å². The molecular weight excluding hydrogens is 1140 g/mol. The number of fused-ring (bicyclic) bond motifs is 6. The highest BCUT2D eigenvalue weighted by atomic mass is 19.4. The van der Waals surface area contributed by atoms with Gasteiger partial charge in [-0.25, -0.2) is 19.9 Å². The van der Waals surface area contributed by atoms with Gasteiger partial charge in [-0.2, -0.15) is 18.4 Å². The summed E-state index contributed by atoms with van der Waals surface area (Å²) in [7, 11) is 0. The molecular formula is C82H50F3N7. The summed E-state index contributed by atoms with van der Waals surface area (Å²) in [6.45, 7) is 0. The quantitative estimate of drug-likeness (QED) is 0.129. The zero-order valence-corrected chi connectivity index (χ0v) is 49.1. The summed E-state index contributed by atoms with van der Waals surface area (Å²) in [5, 5.41) is 15.6. The predicted molar refractivity (Wildman–Crippen MR) is 365 cm³/mol. The molecule has 0 aliphatic carbocycles. The molecule has 0 amide bonds. The summed E-state index contributed by atoms with van der Waals surface area (Å²) >= 11 is 0. The summed E-state index contributed by atoms with van der Waals surface area (Å²) in [5.74, 6) is 0. The van der Waals surface area contributed by atoms with E-state index in [1.165, 1.54) is 12.1 Å². The molecule has 16 rings (SSSR count). The van der Waals surface area contributed by atoms with Crippen LogP contribution in [0.15, 0.2) is 303 Å². The predicted octanol–water partition coefficient (Wildman–Crippen LogP) is 21.4. The minimum Gasteiger partial charge on any atom is -0.308 e. The standard InChI is InChI=1S/C82H50F3N7/c83-82(84,85)62-27-13-26-56(44-62)61-49-80(91-76-40-36-57(72-32-14-28-68(87-72)52-18-5-1-6-19-52)45-63(76)64-46-58(37-41-77(64)91)73-33-15-29-69(88-73)53-20-7-2-8-21-53)67(51-86)81(50-61)92-78-42-38-59(74-34-16-30-70(89-74)54-22-9-3-10-23-54)47-65(78)66-48-60(39-43-79(66)92)75-35-17-31-71(90-75)55-24-11-4-12-25-55/h1-50H. The molecule has 0 saturated heterocycles. The topological polar surface area (TPSA) is 85.2 Å². The number of benzene rings is 10. The third-order valence-electron chi connectivity index (χ3n) is 17.2. The zero-order chi connectivity index (χ0) is 61.9. The third-order valence-corrected chi connectivity index (χ3v) is 17.2. The highest BCUT2D eigenvalue weighted by Crippen LogP contribution is 2.44. The van der Waals surface area contributed by atoms with Gasteiger partial charge < -0.3 is 9.13 Å². The molecule has 0 atom stereocenters. The molecule has 92 heavy (non-hydrogen) atoms. The Labute approximate surface area is 527 Å². The number of halogens is 3. The van der Waals surface area contributed by atoms with Crippen molar-refractivity contribution in [3.05, 3.63) is 314 Å².